The third kappa shape index (κ3) is 4.44. The van der Waals surface area contributed by atoms with Gasteiger partial charge in [0.15, 0.2) is 0 Å². The Balaban J connectivity index is 1.72. The Hall–Kier alpha value is -0.120. The van der Waals surface area contributed by atoms with Gasteiger partial charge >= 0.3 is 0 Å². The van der Waals surface area contributed by atoms with Gasteiger partial charge in [0.25, 0.3) is 0 Å². The predicted octanol–water partition coefficient (Wildman–Crippen LogP) is 2.31. The van der Waals surface area contributed by atoms with Crippen molar-refractivity contribution in [2.75, 3.05) is 33.2 Å². The van der Waals surface area contributed by atoms with Gasteiger partial charge < -0.3 is 15.5 Å². The molecule has 2 rings (SSSR count). The maximum atomic E-state index is 6.46. The molecule has 2 fully saturated rings. The molecule has 1 atom stereocenters. The summed E-state index contributed by atoms with van der Waals surface area (Å²) in [5.74, 6) is 0.784. The van der Waals surface area contributed by atoms with Crippen LogP contribution in [-0.2, 0) is 0 Å². The van der Waals surface area contributed by atoms with Crippen molar-refractivity contribution in [3.8, 4) is 0 Å². The monoisotopic (exact) mass is 267 g/mol. The van der Waals surface area contributed by atoms with Gasteiger partial charge in [-0.05, 0) is 58.3 Å². The average molecular weight is 267 g/mol. The number of rotatable bonds is 5. The van der Waals surface area contributed by atoms with E-state index in [1.807, 2.05) is 0 Å². The van der Waals surface area contributed by atoms with E-state index in [0.717, 1.165) is 18.5 Å². The summed E-state index contributed by atoms with van der Waals surface area (Å²) in [5.41, 5.74) is 6.46. The lowest BCUT2D eigenvalue weighted by molar-refractivity contribution is 0.117. The van der Waals surface area contributed by atoms with Crippen molar-refractivity contribution >= 4 is 0 Å². The van der Waals surface area contributed by atoms with Crippen molar-refractivity contribution in [1.82, 2.24) is 9.80 Å². The third-order valence-electron chi connectivity index (χ3n) is 5.38. The van der Waals surface area contributed by atoms with Gasteiger partial charge in [-0.25, -0.2) is 0 Å². The lowest BCUT2D eigenvalue weighted by Crippen LogP contribution is -2.48. The molecule has 3 heteroatoms. The molecule has 0 radical (unpaired) electrons. The second-order valence-corrected chi connectivity index (χ2v) is 6.67. The van der Waals surface area contributed by atoms with Gasteiger partial charge in [-0.2, -0.15) is 0 Å². The van der Waals surface area contributed by atoms with Crippen LogP contribution in [0.1, 0.15) is 51.9 Å². The fourth-order valence-corrected chi connectivity index (χ4v) is 3.87. The molecule has 19 heavy (non-hydrogen) atoms. The Morgan fingerprint density at radius 3 is 2.32 bits per heavy atom. The normalized spacial score (nSPS) is 25.9. The summed E-state index contributed by atoms with van der Waals surface area (Å²) < 4.78 is 0. The van der Waals surface area contributed by atoms with Crippen molar-refractivity contribution in [3.05, 3.63) is 0 Å². The molecule has 0 spiro atoms. The van der Waals surface area contributed by atoms with Gasteiger partial charge in [-0.3, -0.25) is 0 Å². The van der Waals surface area contributed by atoms with Crippen LogP contribution in [0.4, 0.5) is 0 Å². The van der Waals surface area contributed by atoms with Crippen LogP contribution in [0.5, 0.6) is 0 Å². The van der Waals surface area contributed by atoms with Crippen LogP contribution in [0, 0.1) is 5.92 Å². The number of hydrogen-bond acceptors (Lipinski definition) is 3. The van der Waals surface area contributed by atoms with Crippen molar-refractivity contribution < 1.29 is 0 Å². The first-order chi connectivity index (χ1) is 9.20. The smallest absolute Gasteiger partial charge is 0.0196 e. The summed E-state index contributed by atoms with van der Waals surface area (Å²) >= 11 is 0. The highest BCUT2D eigenvalue weighted by molar-refractivity contribution is 4.83. The minimum absolute atomic E-state index is 0.398. The van der Waals surface area contributed by atoms with Crippen molar-refractivity contribution in [1.29, 1.82) is 0 Å². The second kappa shape index (κ2) is 7.61. The molecular weight excluding hydrogens is 234 g/mol. The highest BCUT2D eigenvalue weighted by atomic mass is 15.2. The Morgan fingerprint density at radius 1 is 1.11 bits per heavy atom. The van der Waals surface area contributed by atoms with Gasteiger partial charge in [0.05, 0.1) is 0 Å². The van der Waals surface area contributed by atoms with Gasteiger partial charge in [-0.1, -0.05) is 26.2 Å². The second-order valence-electron chi connectivity index (χ2n) is 6.67. The SMILES string of the molecule is CCN1CCC(N(C)CC(N)C2CCCCC2)CC1. The Kier molecular flexibility index (Phi) is 6.11. The van der Waals surface area contributed by atoms with Gasteiger partial charge in [-0.15, -0.1) is 0 Å². The standard InChI is InChI=1S/C16H33N3/c1-3-19-11-9-15(10-12-19)18(2)13-16(17)14-7-5-4-6-8-14/h14-16H,3-13,17H2,1-2H3. The maximum absolute atomic E-state index is 6.46. The van der Waals surface area contributed by atoms with Crippen LogP contribution in [0.15, 0.2) is 0 Å². The Morgan fingerprint density at radius 2 is 1.74 bits per heavy atom. The molecule has 0 amide bonds. The zero-order valence-electron chi connectivity index (χ0n) is 13.0. The van der Waals surface area contributed by atoms with Crippen molar-refractivity contribution in [2.45, 2.75) is 64.0 Å². The molecule has 112 valence electrons. The first-order valence-electron chi connectivity index (χ1n) is 8.39. The van der Waals surface area contributed by atoms with Crippen LogP contribution in [-0.4, -0.2) is 55.1 Å². The van der Waals surface area contributed by atoms with Crippen LogP contribution >= 0.6 is 0 Å². The van der Waals surface area contributed by atoms with Gasteiger partial charge in [0.1, 0.15) is 0 Å². The quantitative estimate of drug-likeness (QED) is 0.829. The topological polar surface area (TPSA) is 32.5 Å². The molecule has 2 N–H and O–H groups in total. The fourth-order valence-electron chi connectivity index (χ4n) is 3.87. The van der Waals surface area contributed by atoms with Crippen LogP contribution in [0.2, 0.25) is 0 Å². The van der Waals surface area contributed by atoms with Crippen LogP contribution in [0.25, 0.3) is 0 Å². The number of piperidine rings is 1. The molecule has 1 heterocycles. The first-order valence-corrected chi connectivity index (χ1v) is 8.39. The molecular formula is C16H33N3. The largest absolute Gasteiger partial charge is 0.326 e. The molecule has 1 unspecified atom stereocenters. The van der Waals surface area contributed by atoms with E-state index in [0.29, 0.717) is 6.04 Å². The summed E-state index contributed by atoms with van der Waals surface area (Å²) in [4.78, 5) is 5.11. The fraction of sp³-hybridized carbons (Fsp3) is 1.00. The number of hydrogen-bond donors (Lipinski definition) is 1. The summed E-state index contributed by atoms with van der Waals surface area (Å²) in [6, 6.07) is 1.16. The molecule has 1 aliphatic carbocycles. The predicted molar refractivity (Wildman–Crippen MR) is 82.3 cm³/mol. The summed E-state index contributed by atoms with van der Waals surface area (Å²) in [6.45, 7) is 7.11. The molecule has 0 aromatic rings. The molecule has 0 aromatic heterocycles. The minimum Gasteiger partial charge on any atom is -0.326 e. The van der Waals surface area contributed by atoms with E-state index in [1.165, 1.54) is 64.6 Å². The maximum Gasteiger partial charge on any atom is 0.0196 e. The zero-order valence-corrected chi connectivity index (χ0v) is 13.0. The Labute approximate surface area is 119 Å². The molecule has 1 aliphatic heterocycles. The molecule has 0 aromatic carbocycles. The van der Waals surface area contributed by atoms with E-state index >= 15 is 0 Å². The molecule has 0 bridgehead atoms. The summed E-state index contributed by atoms with van der Waals surface area (Å²) in [6.07, 6.45) is 9.60. The molecule has 1 saturated heterocycles. The van der Waals surface area contributed by atoms with E-state index in [1.54, 1.807) is 0 Å². The van der Waals surface area contributed by atoms with Crippen LogP contribution in [0.3, 0.4) is 0 Å². The molecule has 2 aliphatic rings. The number of likely N-dealkylation sites (N-methyl/N-ethyl adjacent to an activating group) is 1. The number of nitrogens with zero attached hydrogens (tertiary/aromatic N) is 2. The lowest BCUT2D eigenvalue weighted by atomic mass is 9.84. The van der Waals surface area contributed by atoms with Gasteiger partial charge in [0, 0.05) is 18.6 Å². The van der Waals surface area contributed by atoms with E-state index in [2.05, 4.69) is 23.8 Å². The Bertz CT molecular complexity index is 242. The number of nitrogens with two attached hydrogens (primary N) is 1. The molecule has 1 saturated carbocycles. The van der Waals surface area contributed by atoms with E-state index < -0.39 is 0 Å². The lowest BCUT2D eigenvalue weighted by Gasteiger charge is -2.38. The van der Waals surface area contributed by atoms with E-state index in [4.69, 9.17) is 5.73 Å². The summed E-state index contributed by atoms with van der Waals surface area (Å²) in [7, 11) is 2.29. The molecule has 3 nitrogen and oxygen atoms in total. The van der Waals surface area contributed by atoms with Crippen molar-refractivity contribution in [2.24, 2.45) is 11.7 Å². The van der Waals surface area contributed by atoms with Crippen molar-refractivity contribution in [3.63, 3.8) is 0 Å². The van der Waals surface area contributed by atoms with Gasteiger partial charge in [0.2, 0.25) is 0 Å². The van der Waals surface area contributed by atoms with Crippen LogP contribution < -0.4 is 5.73 Å². The zero-order chi connectivity index (χ0) is 13.7. The van der Waals surface area contributed by atoms with E-state index in [-0.39, 0.29) is 0 Å². The average Bonchev–Trinajstić information content (AvgIpc) is 2.48. The third-order valence-corrected chi connectivity index (χ3v) is 5.38. The highest BCUT2D eigenvalue weighted by Crippen LogP contribution is 2.26. The minimum atomic E-state index is 0.398. The number of likely N-dealkylation sites (tertiary alicyclic amines) is 1. The first kappa shape index (κ1) is 15.3. The summed E-state index contributed by atoms with van der Waals surface area (Å²) in [5, 5.41) is 0. The van der Waals surface area contributed by atoms with E-state index in [9.17, 15) is 0 Å². The highest BCUT2D eigenvalue weighted by Gasteiger charge is 2.26.